The maximum Gasteiger partial charge on any atom is 0.270 e. The lowest BCUT2D eigenvalue weighted by molar-refractivity contribution is -0.384. The monoisotopic (exact) mass is 406 g/mol. The number of carbonyl (C=O) groups excluding carboxylic acids is 1. The van der Waals surface area contributed by atoms with Crippen LogP contribution in [0.2, 0.25) is 0 Å². The van der Waals surface area contributed by atoms with Crippen LogP contribution >= 0.6 is 12.4 Å². The number of nitro benzene ring substituents is 1. The maximum absolute atomic E-state index is 13.0. The number of nitrogens with two attached hydrogens (primary N) is 1. The van der Waals surface area contributed by atoms with Gasteiger partial charge in [0, 0.05) is 41.2 Å². The molecule has 2 bridgehead atoms. The van der Waals surface area contributed by atoms with E-state index in [4.69, 9.17) is 5.73 Å². The van der Waals surface area contributed by atoms with E-state index in [-0.39, 0.29) is 41.6 Å². The second-order valence-corrected chi connectivity index (χ2v) is 7.72. The van der Waals surface area contributed by atoms with Gasteiger partial charge in [-0.05, 0) is 43.6 Å². The molecule has 2 fully saturated rings. The number of H-pyrrole nitrogens is 1. The van der Waals surface area contributed by atoms with Crippen molar-refractivity contribution in [1.82, 2.24) is 10.3 Å². The Morgan fingerprint density at radius 3 is 2.54 bits per heavy atom. The first kappa shape index (κ1) is 20.3. The van der Waals surface area contributed by atoms with E-state index < -0.39 is 10.5 Å². The van der Waals surface area contributed by atoms with Crippen LogP contribution < -0.4 is 16.6 Å². The van der Waals surface area contributed by atoms with Crippen LogP contribution in [0.15, 0.2) is 29.1 Å². The van der Waals surface area contributed by atoms with E-state index >= 15 is 0 Å². The molecular weight excluding hydrogens is 384 g/mol. The molecule has 1 heterocycles. The molecule has 0 saturated heterocycles. The van der Waals surface area contributed by atoms with Gasteiger partial charge < -0.3 is 16.0 Å². The van der Waals surface area contributed by atoms with Gasteiger partial charge in [-0.1, -0.05) is 6.42 Å². The molecule has 2 atom stereocenters. The van der Waals surface area contributed by atoms with E-state index in [0.717, 1.165) is 32.1 Å². The number of amides is 1. The highest BCUT2D eigenvalue weighted by Gasteiger charge is 2.40. The van der Waals surface area contributed by atoms with Crippen LogP contribution in [0.25, 0.3) is 10.9 Å². The molecule has 0 aliphatic heterocycles. The van der Waals surface area contributed by atoms with E-state index in [1.54, 1.807) is 0 Å². The molecule has 2 aromatic rings. The van der Waals surface area contributed by atoms with Crippen molar-refractivity contribution in [3.05, 3.63) is 50.3 Å². The molecule has 2 aliphatic rings. The first-order valence-corrected chi connectivity index (χ1v) is 9.30. The van der Waals surface area contributed by atoms with Crippen molar-refractivity contribution in [2.45, 2.75) is 44.2 Å². The van der Waals surface area contributed by atoms with Gasteiger partial charge in [-0.25, -0.2) is 0 Å². The summed E-state index contributed by atoms with van der Waals surface area (Å²) >= 11 is 0. The van der Waals surface area contributed by atoms with Gasteiger partial charge in [-0.2, -0.15) is 0 Å². The van der Waals surface area contributed by atoms with Crippen molar-refractivity contribution in [1.29, 1.82) is 0 Å². The van der Waals surface area contributed by atoms with Crippen LogP contribution in [0.3, 0.4) is 0 Å². The number of aromatic amines is 1. The van der Waals surface area contributed by atoms with E-state index in [2.05, 4.69) is 10.3 Å². The van der Waals surface area contributed by atoms with Gasteiger partial charge in [0.2, 0.25) is 5.56 Å². The van der Waals surface area contributed by atoms with E-state index in [0.29, 0.717) is 22.7 Å². The Labute approximate surface area is 167 Å². The standard InChI is InChI=1S/C19H22N4O4.ClH/c20-12-6-10-2-1-3-11(7-12)18(10)22-19(25)15-9-17(24)21-16-5-4-13(23(26)27)8-14(15)16;/h4-5,8-12,18H,1-3,6-7,20H2,(H,21,24)(H,22,25);1H. The molecule has 1 aromatic heterocycles. The highest BCUT2D eigenvalue weighted by atomic mass is 35.5. The summed E-state index contributed by atoms with van der Waals surface area (Å²) in [6.45, 7) is 0. The number of nitrogens with zero attached hydrogens (tertiary/aromatic N) is 1. The number of benzene rings is 1. The SMILES string of the molecule is Cl.NC1CC2CCCC(C1)C2NC(=O)c1cc(=O)[nH]c2ccc([N+](=O)[O-])cc12. The lowest BCUT2D eigenvalue weighted by Crippen LogP contribution is -2.53. The smallest absolute Gasteiger partial charge is 0.270 e. The molecule has 1 aromatic carbocycles. The lowest BCUT2D eigenvalue weighted by atomic mass is 9.67. The fourth-order valence-electron chi connectivity index (χ4n) is 4.80. The average molecular weight is 407 g/mol. The van der Waals surface area contributed by atoms with E-state index in [1.807, 2.05) is 0 Å². The third-order valence-corrected chi connectivity index (χ3v) is 5.96. The molecule has 0 spiro atoms. The summed E-state index contributed by atoms with van der Waals surface area (Å²) in [5, 5.41) is 14.6. The second-order valence-electron chi connectivity index (χ2n) is 7.72. The molecule has 2 aliphatic carbocycles. The number of hydrogen-bond donors (Lipinski definition) is 3. The number of aromatic nitrogens is 1. The zero-order valence-electron chi connectivity index (χ0n) is 15.2. The van der Waals surface area contributed by atoms with Gasteiger partial charge in [-0.15, -0.1) is 12.4 Å². The fraction of sp³-hybridized carbons (Fsp3) is 0.474. The minimum atomic E-state index is -0.515. The molecule has 2 saturated carbocycles. The number of non-ortho nitro benzene ring substituents is 1. The van der Waals surface area contributed by atoms with E-state index in [1.165, 1.54) is 24.3 Å². The summed E-state index contributed by atoms with van der Waals surface area (Å²) in [4.78, 5) is 38.2. The Bertz CT molecular complexity index is 962. The summed E-state index contributed by atoms with van der Waals surface area (Å²) in [5.41, 5.74) is 6.19. The number of nitro groups is 1. The summed E-state index contributed by atoms with van der Waals surface area (Å²) in [6, 6.07) is 5.53. The Balaban J connectivity index is 0.00000225. The minimum absolute atomic E-state index is 0. The molecular formula is C19H23ClN4O4. The Hall–Kier alpha value is -2.45. The Kier molecular flexibility index (Phi) is 5.71. The van der Waals surface area contributed by atoms with Crippen LogP contribution in [0, 0.1) is 22.0 Å². The van der Waals surface area contributed by atoms with Crippen LogP contribution in [0.5, 0.6) is 0 Å². The molecule has 4 rings (SSSR count). The van der Waals surface area contributed by atoms with Crippen LogP contribution in [0.4, 0.5) is 5.69 Å². The summed E-state index contributed by atoms with van der Waals surface area (Å²) in [5.74, 6) is 0.335. The van der Waals surface area contributed by atoms with Crippen molar-refractivity contribution < 1.29 is 9.72 Å². The van der Waals surface area contributed by atoms with Crippen molar-refractivity contribution in [2.75, 3.05) is 0 Å². The predicted octanol–water partition coefficient (Wildman–Crippen LogP) is 2.49. The molecule has 28 heavy (non-hydrogen) atoms. The highest BCUT2D eigenvalue weighted by Crippen LogP contribution is 2.39. The summed E-state index contributed by atoms with van der Waals surface area (Å²) in [7, 11) is 0. The zero-order chi connectivity index (χ0) is 19.1. The topological polar surface area (TPSA) is 131 Å². The van der Waals surface area contributed by atoms with Crippen molar-refractivity contribution in [3.8, 4) is 0 Å². The second kappa shape index (κ2) is 7.89. The van der Waals surface area contributed by atoms with Crippen LogP contribution in [0.1, 0.15) is 42.5 Å². The number of rotatable bonds is 3. The maximum atomic E-state index is 13.0. The number of halogens is 1. The molecule has 4 N–H and O–H groups in total. The van der Waals surface area contributed by atoms with Gasteiger partial charge in [0.15, 0.2) is 0 Å². The molecule has 1 amide bonds. The van der Waals surface area contributed by atoms with Gasteiger partial charge in [0.05, 0.1) is 10.5 Å². The van der Waals surface area contributed by atoms with Crippen molar-refractivity contribution >= 4 is 34.9 Å². The fourth-order valence-corrected chi connectivity index (χ4v) is 4.80. The normalized spacial score (nSPS) is 26.3. The molecule has 0 radical (unpaired) electrons. The number of carbonyl (C=O) groups is 1. The number of hydrogen-bond acceptors (Lipinski definition) is 5. The third-order valence-electron chi connectivity index (χ3n) is 5.96. The molecule has 8 nitrogen and oxygen atoms in total. The molecule has 2 unspecified atom stereocenters. The quantitative estimate of drug-likeness (QED) is 0.532. The Morgan fingerprint density at radius 2 is 1.89 bits per heavy atom. The summed E-state index contributed by atoms with van der Waals surface area (Å²) < 4.78 is 0. The van der Waals surface area contributed by atoms with Gasteiger partial charge >= 0.3 is 0 Å². The Morgan fingerprint density at radius 1 is 1.21 bits per heavy atom. The van der Waals surface area contributed by atoms with Gasteiger partial charge in [0.25, 0.3) is 11.6 Å². The number of fused-ring (bicyclic) bond motifs is 3. The number of pyridine rings is 1. The van der Waals surface area contributed by atoms with E-state index in [9.17, 15) is 19.7 Å². The van der Waals surface area contributed by atoms with Crippen LogP contribution in [-0.4, -0.2) is 27.9 Å². The highest BCUT2D eigenvalue weighted by molar-refractivity contribution is 6.06. The lowest BCUT2D eigenvalue weighted by Gasteiger charge is -2.45. The van der Waals surface area contributed by atoms with Gasteiger partial charge in [-0.3, -0.25) is 19.7 Å². The predicted molar refractivity (Wildman–Crippen MR) is 108 cm³/mol. The first-order valence-electron chi connectivity index (χ1n) is 9.30. The largest absolute Gasteiger partial charge is 0.349 e. The summed E-state index contributed by atoms with van der Waals surface area (Å²) in [6.07, 6.45) is 5.01. The van der Waals surface area contributed by atoms with Crippen LogP contribution in [-0.2, 0) is 0 Å². The van der Waals surface area contributed by atoms with Crippen molar-refractivity contribution in [2.24, 2.45) is 17.6 Å². The van der Waals surface area contributed by atoms with Gasteiger partial charge in [0.1, 0.15) is 0 Å². The zero-order valence-corrected chi connectivity index (χ0v) is 16.0. The first-order chi connectivity index (χ1) is 12.9. The van der Waals surface area contributed by atoms with Crippen molar-refractivity contribution in [3.63, 3.8) is 0 Å². The number of nitrogens with one attached hydrogen (secondary N) is 2. The molecule has 9 heteroatoms. The third kappa shape index (κ3) is 3.74. The average Bonchev–Trinajstić information content (AvgIpc) is 2.61. The molecule has 150 valence electrons. The minimum Gasteiger partial charge on any atom is -0.349 e.